The standard InChI is InChI=1S/C24H28F3NO4/c1-3-32-22(30)23(15-17-7-4-5-9-19(17)24(25,26)27)11-13-28(14-12-23)16-18-8-6-10-20(31-2)21(18)29/h4-10,29H,3,11-16H2,1-2H3. The number of esters is 1. The molecule has 174 valence electrons. The minimum atomic E-state index is -4.49. The van der Waals surface area contributed by atoms with Gasteiger partial charge < -0.3 is 14.6 Å². The van der Waals surface area contributed by atoms with Crippen LogP contribution in [0.15, 0.2) is 42.5 Å². The molecule has 1 saturated heterocycles. The van der Waals surface area contributed by atoms with Crippen molar-refractivity contribution >= 4 is 5.97 Å². The van der Waals surface area contributed by atoms with Crippen molar-refractivity contribution < 1.29 is 32.5 Å². The van der Waals surface area contributed by atoms with E-state index in [-0.39, 0.29) is 24.3 Å². The fourth-order valence-electron chi connectivity index (χ4n) is 4.29. The van der Waals surface area contributed by atoms with Crippen LogP contribution in [0.4, 0.5) is 13.2 Å². The van der Waals surface area contributed by atoms with Gasteiger partial charge in [-0.3, -0.25) is 9.69 Å². The van der Waals surface area contributed by atoms with E-state index in [0.29, 0.717) is 43.8 Å². The Morgan fingerprint density at radius 1 is 1.09 bits per heavy atom. The fraction of sp³-hybridized carbons (Fsp3) is 0.458. The SMILES string of the molecule is CCOC(=O)C1(Cc2ccccc2C(F)(F)F)CCN(Cc2cccc(OC)c2O)CC1. The van der Waals surface area contributed by atoms with Crippen LogP contribution in [0.2, 0.25) is 0 Å². The Bertz CT molecular complexity index is 937. The average molecular weight is 451 g/mol. The van der Waals surface area contributed by atoms with Crippen LogP contribution in [0.3, 0.4) is 0 Å². The number of para-hydroxylation sites is 1. The topological polar surface area (TPSA) is 59.0 Å². The highest BCUT2D eigenvalue weighted by Gasteiger charge is 2.44. The number of halogens is 3. The molecule has 1 fully saturated rings. The molecule has 0 saturated carbocycles. The second-order valence-electron chi connectivity index (χ2n) is 8.08. The maximum Gasteiger partial charge on any atom is 0.416 e. The molecule has 0 unspecified atom stereocenters. The number of alkyl halides is 3. The third-order valence-corrected chi connectivity index (χ3v) is 6.07. The van der Waals surface area contributed by atoms with Gasteiger partial charge in [-0.1, -0.05) is 30.3 Å². The molecule has 0 bridgehead atoms. The van der Waals surface area contributed by atoms with E-state index in [1.165, 1.54) is 19.2 Å². The van der Waals surface area contributed by atoms with E-state index in [1.54, 1.807) is 31.2 Å². The van der Waals surface area contributed by atoms with Crippen LogP contribution >= 0.6 is 0 Å². The largest absolute Gasteiger partial charge is 0.504 e. The van der Waals surface area contributed by atoms with Crippen molar-refractivity contribution in [2.24, 2.45) is 5.41 Å². The number of methoxy groups -OCH3 is 1. The molecule has 2 aromatic rings. The number of phenols is 1. The molecule has 3 rings (SSSR count). The Hall–Kier alpha value is -2.74. The van der Waals surface area contributed by atoms with Crippen LogP contribution < -0.4 is 4.74 Å². The molecule has 1 heterocycles. The molecular weight excluding hydrogens is 423 g/mol. The van der Waals surface area contributed by atoms with Crippen LogP contribution in [0, 0.1) is 5.41 Å². The third-order valence-electron chi connectivity index (χ3n) is 6.07. The van der Waals surface area contributed by atoms with Gasteiger partial charge in [-0.25, -0.2) is 0 Å². The minimum Gasteiger partial charge on any atom is -0.504 e. The van der Waals surface area contributed by atoms with E-state index in [4.69, 9.17) is 9.47 Å². The molecule has 1 aliphatic heterocycles. The molecule has 0 radical (unpaired) electrons. The molecule has 1 aliphatic rings. The molecular formula is C24H28F3NO4. The predicted molar refractivity (Wildman–Crippen MR) is 113 cm³/mol. The second kappa shape index (κ2) is 9.81. The van der Waals surface area contributed by atoms with Crippen molar-refractivity contribution in [1.82, 2.24) is 4.90 Å². The van der Waals surface area contributed by atoms with Crippen molar-refractivity contribution in [3.8, 4) is 11.5 Å². The van der Waals surface area contributed by atoms with Crippen molar-refractivity contribution in [2.75, 3.05) is 26.8 Å². The summed E-state index contributed by atoms with van der Waals surface area (Å²) in [6.07, 6.45) is -3.79. The van der Waals surface area contributed by atoms with Gasteiger partial charge in [0.1, 0.15) is 0 Å². The molecule has 1 N–H and O–H groups in total. The first-order valence-electron chi connectivity index (χ1n) is 10.6. The quantitative estimate of drug-likeness (QED) is 0.613. The van der Waals surface area contributed by atoms with Gasteiger partial charge >= 0.3 is 12.1 Å². The summed E-state index contributed by atoms with van der Waals surface area (Å²) in [6, 6.07) is 10.6. The molecule has 32 heavy (non-hydrogen) atoms. The van der Waals surface area contributed by atoms with Gasteiger partial charge in [-0.2, -0.15) is 13.2 Å². The smallest absolute Gasteiger partial charge is 0.416 e. The van der Waals surface area contributed by atoms with Crippen LogP contribution in [-0.2, 0) is 28.7 Å². The molecule has 8 heteroatoms. The molecule has 5 nitrogen and oxygen atoms in total. The number of aromatic hydroxyl groups is 1. The first-order chi connectivity index (χ1) is 15.2. The van der Waals surface area contributed by atoms with Crippen molar-refractivity contribution in [2.45, 2.75) is 38.9 Å². The molecule has 0 amide bonds. The first kappa shape index (κ1) is 23.9. The molecule has 0 aromatic heterocycles. The Balaban J connectivity index is 1.80. The maximum atomic E-state index is 13.5. The zero-order valence-electron chi connectivity index (χ0n) is 18.2. The molecule has 2 aromatic carbocycles. The highest BCUT2D eigenvalue weighted by atomic mass is 19.4. The normalized spacial score (nSPS) is 16.5. The van der Waals surface area contributed by atoms with Gasteiger partial charge in [0.15, 0.2) is 11.5 Å². The number of piperidine rings is 1. The van der Waals surface area contributed by atoms with E-state index in [1.807, 2.05) is 0 Å². The van der Waals surface area contributed by atoms with Crippen LogP contribution in [0.5, 0.6) is 11.5 Å². The van der Waals surface area contributed by atoms with Gasteiger partial charge in [0.25, 0.3) is 0 Å². The van der Waals surface area contributed by atoms with E-state index in [9.17, 15) is 23.1 Å². The summed E-state index contributed by atoms with van der Waals surface area (Å²) < 4.78 is 51.0. The van der Waals surface area contributed by atoms with E-state index in [2.05, 4.69) is 4.90 Å². The van der Waals surface area contributed by atoms with E-state index in [0.717, 1.165) is 6.07 Å². The lowest BCUT2D eigenvalue weighted by Crippen LogP contribution is -2.46. The Kier molecular flexibility index (Phi) is 7.33. The minimum absolute atomic E-state index is 0.0280. The summed E-state index contributed by atoms with van der Waals surface area (Å²) in [7, 11) is 1.48. The predicted octanol–water partition coefficient (Wildman–Crippen LogP) is 4.81. The number of benzene rings is 2. The molecule has 0 aliphatic carbocycles. The van der Waals surface area contributed by atoms with Gasteiger partial charge in [0.2, 0.25) is 0 Å². The Morgan fingerprint density at radius 3 is 2.38 bits per heavy atom. The number of nitrogens with zero attached hydrogens (tertiary/aromatic N) is 1. The number of hydrogen-bond acceptors (Lipinski definition) is 5. The number of carbonyl (C=O) groups is 1. The third kappa shape index (κ3) is 5.18. The monoisotopic (exact) mass is 451 g/mol. The van der Waals surface area contributed by atoms with Crippen molar-refractivity contribution in [3.63, 3.8) is 0 Å². The summed E-state index contributed by atoms with van der Waals surface area (Å²) in [6.45, 7) is 3.28. The van der Waals surface area contributed by atoms with Gasteiger partial charge in [0, 0.05) is 12.1 Å². The maximum absolute atomic E-state index is 13.5. The summed E-state index contributed by atoms with van der Waals surface area (Å²) in [5.41, 5.74) is -0.945. The van der Waals surface area contributed by atoms with Crippen molar-refractivity contribution in [1.29, 1.82) is 0 Å². The zero-order chi connectivity index (χ0) is 23.4. The fourth-order valence-corrected chi connectivity index (χ4v) is 4.29. The zero-order valence-corrected chi connectivity index (χ0v) is 18.2. The summed E-state index contributed by atoms with van der Waals surface area (Å²) >= 11 is 0. The Morgan fingerprint density at radius 2 is 1.75 bits per heavy atom. The van der Waals surface area contributed by atoms with Gasteiger partial charge in [0.05, 0.1) is 24.7 Å². The second-order valence-corrected chi connectivity index (χ2v) is 8.08. The van der Waals surface area contributed by atoms with Gasteiger partial charge in [-0.15, -0.1) is 0 Å². The highest BCUT2D eigenvalue weighted by Crippen LogP contribution is 2.41. The molecule has 0 spiro atoms. The van der Waals surface area contributed by atoms with Crippen LogP contribution in [0.1, 0.15) is 36.5 Å². The van der Waals surface area contributed by atoms with Crippen LogP contribution in [-0.4, -0.2) is 42.8 Å². The summed E-state index contributed by atoms with van der Waals surface area (Å²) in [5, 5.41) is 10.3. The highest BCUT2D eigenvalue weighted by molar-refractivity contribution is 5.77. The number of rotatable bonds is 7. The lowest BCUT2D eigenvalue weighted by molar-refractivity contribution is -0.159. The summed E-state index contributed by atoms with van der Waals surface area (Å²) in [4.78, 5) is 15.0. The lowest BCUT2D eigenvalue weighted by Gasteiger charge is -2.40. The number of carbonyl (C=O) groups excluding carboxylic acids is 1. The van der Waals surface area contributed by atoms with E-state index < -0.39 is 23.1 Å². The van der Waals surface area contributed by atoms with Crippen LogP contribution in [0.25, 0.3) is 0 Å². The lowest BCUT2D eigenvalue weighted by atomic mass is 9.73. The van der Waals surface area contributed by atoms with E-state index >= 15 is 0 Å². The first-order valence-corrected chi connectivity index (χ1v) is 10.6. The van der Waals surface area contributed by atoms with Gasteiger partial charge in [-0.05, 0) is 57.0 Å². The summed E-state index contributed by atoms with van der Waals surface area (Å²) in [5.74, 6) is -0.0127. The molecule has 0 atom stereocenters. The number of ether oxygens (including phenoxy) is 2. The Labute approximate surface area is 185 Å². The number of likely N-dealkylation sites (tertiary alicyclic amines) is 1. The number of phenolic OH excluding ortho intramolecular Hbond substituents is 1. The number of hydrogen-bond donors (Lipinski definition) is 1. The average Bonchev–Trinajstić information content (AvgIpc) is 2.76. The van der Waals surface area contributed by atoms with Crippen molar-refractivity contribution in [3.05, 3.63) is 59.2 Å².